The lowest BCUT2D eigenvalue weighted by Gasteiger charge is -2.65. The van der Waals surface area contributed by atoms with Crippen LogP contribution in [0.2, 0.25) is 0 Å². The number of aromatic nitrogens is 1. The number of aromatic hydroxyl groups is 1. The van der Waals surface area contributed by atoms with E-state index in [0.29, 0.717) is 12.2 Å². The number of nitrogens with one attached hydrogen (secondary N) is 2. The predicted molar refractivity (Wildman–Crippen MR) is 156 cm³/mol. The molecule has 7 rings (SSSR count). The van der Waals surface area contributed by atoms with Crippen LogP contribution in [0.3, 0.4) is 0 Å². The van der Waals surface area contributed by atoms with Gasteiger partial charge in [-0.3, -0.25) is 10.1 Å². The van der Waals surface area contributed by atoms with Gasteiger partial charge in [-0.05, 0) is 83.3 Å². The highest BCUT2D eigenvalue weighted by molar-refractivity contribution is 5.84. The zero-order valence-corrected chi connectivity index (χ0v) is 24.6. The molecule has 1 saturated carbocycles. The average molecular weight is 560 g/mol. The number of hydrogen-bond acceptors (Lipinski definition) is 7. The van der Waals surface area contributed by atoms with Crippen molar-refractivity contribution in [1.29, 1.82) is 0 Å². The Kier molecular flexibility index (Phi) is 6.02. The molecule has 2 unspecified atom stereocenters. The van der Waals surface area contributed by atoms with Crippen molar-refractivity contribution in [3.05, 3.63) is 59.3 Å². The molecular weight excluding hydrogens is 518 g/mol. The summed E-state index contributed by atoms with van der Waals surface area (Å²) in [5.74, 6) is 0.500. The van der Waals surface area contributed by atoms with Crippen LogP contribution in [-0.2, 0) is 32.5 Å². The molecule has 1 saturated heterocycles. The number of nitrogens with zero attached hydrogens (tertiary/aromatic N) is 1. The van der Waals surface area contributed by atoms with E-state index in [9.17, 15) is 9.90 Å². The van der Waals surface area contributed by atoms with Gasteiger partial charge in [0.15, 0.2) is 11.5 Å². The van der Waals surface area contributed by atoms with Gasteiger partial charge in [0.1, 0.15) is 17.7 Å². The van der Waals surface area contributed by atoms with Crippen LogP contribution in [0.4, 0.5) is 0 Å². The molecule has 218 valence electrons. The van der Waals surface area contributed by atoms with E-state index in [1.54, 1.807) is 6.07 Å². The number of likely N-dealkylation sites (tertiary alicyclic amines) is 1. The maximum Gasteiger partial charge on any atom is 0.324 e. The van der Waals surface area contributed by atoms with Crippen LogP contribution in [0.15, 0.2) is 42.6 Å². The van der Waals surface area contributed by atoms with Gasteiger partial charge in [-0.15, -0.1) is 0 Å². The van der Waals surface area contributed by atoms with Crippen LogP contribution < -0.4 is 10.1 Å². The summed E-state index contributed by atoms with van der Waals surface area (Å²) in [6.45, 7) is 6.63. The van der Waals surface area contributed by atoms with Crippen molar-refractivity contribution >= 4 is 16.9 Å². The molecule has 3 aromatic rings. The van der Waals surface area contributed by atoms with E-state index in [2.05, 4.69) is 34.4 Å². The molecule has 0 amide bonds. The van der Waals surface area contributed by atoms with E-state index in [-0.39, 0.29) is 29.9 Å². The second-order valence-electron chi connectivity index (χ2n) is 13.5. The Hall–Kier alpha value is -3.07. The first kappa shape index (κ1) is 26.8. The fourth-order valence-electron chi connectivity index (χ4n) is 8.67. The van der Waals surface area contributed by atoms with Gasteiger partial charge < -0.3 is 29.2 Å². The lowest BCUT2D eigenvalue weighted by atomic mass is 9.48. The molecule has 6 atom stereocenters. The molecule has 3 heterocycles. The Labute approximate surface area is 241 Å². The molecule has 8 nitrogen and oxygen atoms in total. The summed E-state index contributed by atoms with van der Waals surface area (Å²) in [7, 11) is 4.03. The van der Waals surface area contributed by atoms with E-state index in [0.717, 1.165) is 54.3 Å². The Morgan fingerprint density at radius 2 is 2.05 bits per heavy atom. The van der Waals surface area contributed by atoms with Crippen molar-refractivity contribution in [2.75, 3.05) is 20.7 Å². The number of rotatable bonds is 6. The largest absolute Gasteiger partial charge is 0.504 e. The summed E-state index contributed by atoms with van der Waals surface area (Å²) in [5, 5.41) is 15.9. The Balaban J connectivity index is 1.29. The molecule has 1 aromatic heterocycles. The number of likely N-dealkylation sites (N-methyl/N-ethyl adjacent to an activating group) is 1. The zero-order chi connectivity index (χ0) is 28.7. The third-order valence-electron chi connectivity index (χ3n) is 10.3. The van der Waals surface area contributed by atoms with E-state index in [4.69, 9.17) is 14.2 Å². The van der Waals surface area contributed by atoms with Crippen LogP contribution in [-0.4, -0.2) is 77.1 Å². The van der Waals surface area contributed by atoms with E-state index in [1.165, 1.54) is 5.56 Å². The van der Waals surface area contributed by atoms with Gasteiger partial charge in [0.2, 0.25) is 0 Å². The minimum absolute atomic E-state index is 0.136. The van der Waals surface area contributed by atoms with Crippen molar-refractivity contribution < 1.29 is 24.1 Å². The van der Waals surface area contributed by atoms with Crippen LogP contribution in [0.5, 0.6) is 11.5 Å². The highest BCUT2D eigenvalue weighted by Gasteiger charge is 2.73. The molecule has 3 N–H and O–H groups in total. The molecule has 2 aromatic carbocycles. The number of phenols is 1. The average Bonchev–Trinajstić information content (AvgIpc) is 3.51. The van der Waals surface area contributed by atoms with Gasteiger partial charge >= 0.3 is 5.97 Å². The first-order valence-electron chi connectivity index (χ1n) is 14.9. The number of hydrogen-bond donors (Lipinski definition) is 3. The molecule has 0 radical (unpaired) electrons. The van der Waals surface area contributed by atoms with Gasteiger partial charge in [-0.25, -0.2) is 0 Å². The molecule has 2 aliphatic carbocycles. The lowest BCUT2D eigenvalue weighted by molar-refractivity contribution is -0.204. The smallest absolute Gasteiger partial charge is 0.324 e. The second kappa shape index (κ2) is 9.21. The normalized spacial score (nSPS) is 31.0. The molecule has 8 heteroatoms. The molecule has 2 fully saturated rings. The molecule has 1 spiro atoms. The van der Waals surface area contributed by atoms with Gasteiger partial charge in [-0.1, -0.05) is 24.3 Å². The second-order valence-corrected chi connectivity index (χ2v) is 13.5. The number of piperidine rings is 1. The van der Waals surface area contributed by atoms with Crippen LogP contribution in [0, 0.1) is 0 Å². The number of H-pyrrole nitrogens is 1. The van der Waals surface area contributed by atoms with Gasteiger partial charge in [-0.2, -0.15) is 0 Å². The topological polar surface area (TPSA) is 96.0 Å². The number of carbonyl (C=O) groups excluding carboxylic acids is 1. The number of methoxy groups -OCH3 is 1. The number of aromatic amines is 1. The maximum atomic E-state index is 13.8. The zero-order valence-electron chi connectivity index (χ0n) is 24.6. The fraction of sp³-hybridized carbons (Fsp3) is 0.545. The minimum Gasteiger partial charge on any atom is -0.504 e. The summed E-state index contributed by atoms with van der Waals surface area (Å²) >= 11 is 0. The van der Waals surface area contributed by atoms with Crippen molar-refractivity contribution in [3.8, 4) is 11.5 Å². The Morgan fingerprint density at radius 1 is 1.24 bits per heavy atom. The first-order valence-corrected chi connectivity index (χ1v) is 14.9. The number of para-hydroxylation sites is 1. The minimum atomic E-state index is -0.612. The lowest BCUT2D eigenvalue weighted by Crippen LogP contribution is -2.78. The highest BCUT2D eigenvalue weighted by Crippen LogP contribution is 2.66. The van der Waals surface area contributed by atoms with Gasteiger partial charge in [0.05, 0.1) is 11.0 Å². The number of benzene rings is 2. The van der Waals surface area contributed by atoms with Crippen molar-refractivity contribution in [2.45, 2.75) is 93.7 Å². The summed E-state index contributed by atoms with van der Waals surface area (Å²) in [6, 6.07) is 11.5. The van der Waals surface area contributed by atoms with E-state index >= 15 is 0 Å². The van der Waals surface area contributed by atoms with Crippen molar-refractivity contribution in [1.82, 2.24) is 15.2 Å². The van der Waals surface area contributed by atoms with Crippen LogP contribution >= 0.6 is 0 Å². The SMILES string of the molecule is CO[C@@]12CCC(N[C@@H](Cc3c[nH]c4ccccc34)C(=O)OC(C)(C)C)[C@@H]3Oc4c(O)ccc5c4[C@@]31CCN(C)C2C5. The van der Waals surface area contributed by atoms with Gasteiger partial charge in [0.25, 0.3) is 0 Å². The summed E-state index contributed by atoms with van der Waals surface area (Å²) < 4.78 is 19.3. The number of carbonyl (C=O) groups is 1. The van der Waals surface area contributed by atoms with E-state index in [1.807, 2.05) is 52.3 Å². The number of ether oxygens (including phenoxy) is 3. The van der Waals surface area contributed by atoms with Crippen LogP contribution in [0.1, 0.15) is 56.7 Å². The third kappa shape index (κ3) is 3.80. The molecule has 4 aliphatic rings. The number of esters is 1. The standard InChI is InChI=1S/C33H41N3O5/c1-31(2,3)41-30(38)24(16-20-18-34-22-9-7-6-8-21(20)22)35-23-12-13-33(39-5)26-17-19-10-11-25(37)28-27(19)32(33,29(23)40-28)14-15-36(26)4/h6-11,18,23-24,26,29,34-35,37H,12-17H2,1-5H3/t23?,24-,26?,29-,32-,33+/m0/s1. The molecule has 2 aliphatic heterocycles. The van der Waals surface area contributed by atoms with E-state index < -0.39 is 22.7 Å². The summed E-state index contributed by atoms with van der Waals surface area (Å²) in [4.78, 5) is 19.5. The Bertz CT molecular complexity index is 1510. The third-order valence-corrected chi connectivity index (χ3v) is 10.3. The Morgan fingerprint density at radius 3 is 2.83 bits per heavy atom. The summed E-state index contributed by atoms with van der Waals surface area (Å²) in [5.41, 5.74) is 2.99. The van der Waals surface area contributed by atoms with Crippen molar-refractivity contribution in [3.63, 3.8) is 0 Å². The highest BCUT2D eigenvalue weighted by atomic mass is 16.6. The fourth-order valence-corrected chi connectivity index (χ4v) is 8.67. The monoisotopic (exact) mass is 559 g/mol. The maximum absolute atomic E-state index is 13.8. The van der Waals surface area contributed by atoms with Crippen LogP contribution in [0.25, 0.3) is 10.9 Å². The molecule has 41 heavy (non-hydrogen) atoms. The quantitative estimate of drug-likeness (QED) is 0.389. The van der Waals surface area contributed by atoms with Gasteiger partial charge in [0, 0.05) is 48.3 Å². The van der Waals surface area contributed by atoms with Crippen molar-refractivity contribution in [2.24, 2.45) is 0 Å². The molecular formula is C33H41N3O5. The first-order chi connectivity index (χ1) is 19.6. The predicted octanol–water partition coefficient (Wildman–Crippen LogP) is 4.22. The number of phenolic OH excluding ortho intramolecular Hbond substituents is 1. The molecule has 2 bridgehead atoms. The number of fused-ring (bicyclic) bond motifs is 1. The summed E-state index contributed by atoms with van der Waals surface area (Å²) in [6.07, 6.45) is 5.53.